The highest BCUT2D eigenvalue weighted by Gasteiger charge is 2.16. The topological polar surface area (TPSA) is 55.4 Å². The van der Waals surface area contributed by atoms with E-state index in [-0.39, 0.29) is 10.6 Å². The van der Waals surface area contributed by atoms with Gasteiger partial charge in [-0.3, -0.25) is 4.72 Å². The Morgan fingerprint density at radius 1 is 1.14 bits per heavy atom. The van der Waals surface area contributed by atoms with Crippen molar-refractivity contribution in [3.63, 3.8) is 0 Å². The van der Waals surface area contributed by atoms with Gasteiger partial charge >= 0.3 is 0 Å². The number of hydrogen-bond donors (Lipinski definition) is 1. The third-order valence-electron chi connectivity index (χ3n) is 2.81. The molecule has 0 saturated carbocycles. The molecule has 0 radical (unpaired) electrons. The Hall–Kier alpha value is -2.08. The van der Waals surface area contributed by atoms with Crippen LogP contribution in [-0.4, -0.2) is 15.0 Å². The van der Waals surface area contributed by atoms with E-state index in [0.717, 1.165) is 5.56 Å². The maximum atomic E-state index is 13.7. The van der Waals surface area contributed by atoms with Crippen molar-refractivity contribution in [1.82, 2.24) is 0 Å². The molecule has 0 unspecified atom stereocenters. The molecule has 0 aliphatic carbocycles. The Morgan fingerprint density at radius 2 is 1.81 bits per heavy atom. The third-order valence-corrected chi connectivity index (χ3v) is 4.20. The molecular weight excluding hydrogens is 293 g/mol. The lowest BCUT2D eigenvalue weighted by molar-refractivity contribution is 0.340. The SMILES string of the molecule is CCOc1ccc(S(=O)(=O)Nc2ccc(C)cc2F)cc1. The maximum Gasteiger partial charge on any atom is 0.261 e. The van der Waals surface area contributed by atoms with E-state index in [1.165, 1.54) is 24.3 Å². The van der Waals surface area contributed by atoms with Crippen LogP contribution in [0, 0.1) is 12.7 Å². The third kappa shape index (κ3) is 3.72. The van der Waals surface area contributed by atoms with Crippen molar-refractivity contribution in [2.75, 3.05) is 11.3 Å². The highest BCUT2D eigenvalue weighted by atomic mass is 32.2. The highest BCUT2D eigenvalue weighted by Crippen LogP contribution is 2.21. The lowest BCUT2D eigenvalue weighted by Gasteiger charge is -2.10. The van der Waals surface area contributed by atoms with Gasteiger partial charge in [-0.1, -0.05) is 6.07 Å². The molecule has 0 atom stereocenters. The summed E-state index contributed by atoms with van der Waals surface area (Å²) >= 11 is 0. The van der Waals surface area contributed by atoms with Gasteiger partial charge in [-0.05, 0) is 55.8 Å². The summed E-state index contributed by atoms with van der Waals surface area (Å²) in [6.45, 7) is 4.07. The number of ether oxygens (including phenoxy) is 1. The van der Waals surface area contributed by atoms with Gasteiger partial charge in [-0.25, -0.2) is 12.8 Å². The van der Waals surface area contributed by atoms with E-state index in [0.29, 0.717) is 12.4 Å². The van der Waals surface area contributed by atoms with Crippen molar-refractivity contribution in [3.05, 3.63) is 53.8 Å². The molecule has 2 aromatic rings. The predicted octanol–water partition coefficient (Wildman–Crippen LogP) is 3.33. The van der Waals surface area contributed by atoms with Crippen LogP contribution >= 0.6 is 0 Å². The van der Waals surface area contributed by atoms with Crippen molar-refractivity contribution in [1.29, 1.82) is 0 Å². The van der Waals surface area contributed by atoms with Gasteiger partial charge in [0, 0.05) is 0 Å². The Balaban J connectivity index is 2.25. The first-order valence-electron chi connectivity index (χ1n) is 6.44. The van der Waals surface area contributed by atoms with E-state index >= 15 is 0 Å². The quantitative estimate of drug-likeness (QED) is 0.921. The van der Waals surface area contributed by atoms with E-state index in [1.807, 2.05) is 6.92 Å². The summed E-state index contributed by atoms with van der Waals surface area (Å²) in [4.78, 5) is 0.0472. The van der Waals surface area contributed by atoms with Crippen molar-refractivity contribution in [2.24, 2.45) is 0 Å². The van der Waals surface area contributed by atoms with Crippen LogP contribution in [0.5, 0.6) is 5.75 Å². The van der Waals surface area contributed by atoms with Gasteiger partial charge in [-0.15, -0.1) is 0 Å². The number of rotatable bonds is 5. The van der Waals surface area contributed by atoms with Gasteiger partial charge in [0.2, 0.25) is 0 Å². The molecule has 6 heteroatoms. The standard InChI is InChI=1S/C15H16FNO3S/c1-3-20-12-5-7-13(8-6-12)21(18,19)17-15-9-4-11(2)10-14(15)16/h4-10,17H,3H2,1-2H3. The average Bonchev–Trinajstić information content (AvgIpc) is 2.43. The van der Waals surface area contributed by atoms with Crippen molar-refractivity contribution < 1.29 is 17.5 Å². The fourth-order valence-electron chi connectivity index (χ4n) is 1.79. The van der Waals surface area contributed by atoms with Crippen LogP contribution in [0.1, 0.15) is 12.5 Å². The summed E-state index contributed by atoms with van der Waals surface area (Å²) in [5, 5.41) is 0. The molecular formula is C15H16FNO3S. The first kappa shape index (κ1) is 15.3. The number of aryl methyl sites for hydroxylation is 1. The van der Waals surface area contributed by atoms with Gasteiger partial charge in [0.25, 0.3) is 10.0 Å². The lowest BCUT2D eigenvalue weighted by Crippen LogP contribution is -2.14. The van der Waals surface area contributed by atoms with Gasteiger partial charge in [0.1, 0.15) is 11.6 Å². The van der Waals surface area contributed by atoms with E-state index in [1.54, 1.807) is 25.1 Å². The summed E-state index contributed by atoms with van der Waals surface area (Å²) in [6.07, 6.45) is 0. The van der Waals surface area contributed by atoms with Gasteiger partial charge in [-0.2, -0.15) is 0 Å². The number of benzene rings is 2. The molecule has 21 heavy (non-hydrogen) atoms. The summed E-state index contributed by atoms with van der Waals surface area (Å²) in [5.41, 5.74) is 0.644. The Kier molecular flexibility index (Phi) is 4.47. The minimum atomic E-state index is -3.83. The van der Waals surface area contributed by atoms with Crippen LogP contribution in [0.2, 0.25) is 0 Å². The second-order valence-corrected chi connectivity index (χ2v) is 6.18. The number of hydrogen-bond acceptors (Lipinski definition) is 3. The predicted molar refractivity (Wildman–Crippen MR) is 79.6 cm³/mol. The molecule has 0 saturated heterocycles. The van der Waals surface area contributed by atoms with Crippen LogP contribution in [0.4, 0.5) is 10.1 Å². The lowest BCUT2D eigenvalue weighted by atomic mass is 10.2. The van der Waals surface area contributed by atoms with Crippen molar-refractivity contribution in [2.45, 2.75) is 18.7 Å². The minimum absolute atomic E-state index is 0.0472. The highest BCUT2D eigenvalue weighted by molar-refractivity contribution is 7.92. The normalized spacial score (nSPS) is 11.2. The summed E-state index contributed by atoms with van der Waals surface area (Å²) < 4.78 is 45.6. The second kappa shape index (κ2) is 6.13. The first-order chi connectivity index (χ1) is 9.92. The summed E-state index contributed by atoms with van der Waals surface area (Å²) in [7, 11) is -3.83. The zero-order valence-corrected chi connectivity index (χ0v) is 12.6. The molecule has 2 rings (SSSR count). The molecule has 0 fully saturated rings. The second-order valence-electron chi connectivity index (χ2n) is 4.49. The van der Waals surface area contributed by atoms with Gasteiger partial charge in [0.05, 0.1) is 17.2 Å². The zero-order chi connectivity index (χ0) is 15.5. The van der Waals surface area contributed by atoms with Crippen LogP contribution in [-0.2, 0) is 10.0 Å². The van der Waals surface area contributed by atoms with E-state index in [2.05, 4.69) is 4.72 Å². The molecule has 2 aromatic carbocycles. The van der Waals surface area contributed by atoms with Crippen LogP contribution < -0.4 is 9.46 Å². The van der Waals surface area contributed by atoms with Crippen LogP contribution in [0.3, 0.4) is 0 Å². The average molecular weight is 309 g/mol. The summed E-state index contributed by atoms with van der Waals surface area (Å²) in [5.74, 6) is -0.0255. The largest absolute Gasteiger partial charge is 0.494 e. The molecule has 0 spiro atoms. The fraction of sp³-hybridized carbons (Fsp3) is 0.200. The molecule has 0 heterocycles. The van der Waals surface area contributed by atoms with Gasteiger partial charge in [0.15, 0.2) is 0 Å². The molecule has 4 nitrogen and oxygen atoms in total. The molecule has 0 amide bonds. The monoisotopic (exact) mass is 309 g/mol. The number of anilines is 1. The molecule has 0 aliphatic heterocycles. The smallest absolute Gasteiger partial charge is 0.261 e. The summed E-state index contributed by atoms with van der Waals surface area (Å²) in [6, 6.07) is 10.3. The molecule has 112 valence electrons. The maximum absolute atomic E-state index is 13.7. The molecule has 1 N–H and O–H groups in total. The first-order valence-corrected chi connectivity index (χ1v) is 7.92. The minimum Gasteiger partial charge on any atom is -0.494 e. The van der Waals surface area contributed by atoms with Gasteiger partial charge < -0.3 is 4.74 Å². The van der Waals surface area contributed by atoms with E-state index < -0.39 is 15.8 Å². The Bertz CT molecular complexity index is 727. The fourth-order valence-corrected chi connectivity index (χ4v) is 2.86. The van der Waals surface area contributed by atoms with E-state index in [9.17, 15) is 12.8 Å². The van der Waals surface area contributed by atoms with E-state index in [4.69, 9.17) is 4.74 Å². The number of nitrogens with one attached hydrogen (secondary N) is 1. The van der Waals surface area contributed by atoms with Crippen LogP contribution in [0.15, 0.2) is 47.4 Å². The molecule has 0 bridgehead atoms. The molecule has 0 aliphatic rings. The number of sulfonamides is 1. The van der Waals surface area contributed by atoms with Crippen molar-refractivity contribution >= 4 is 15.7 Å². The van der Waals surface area contributed by atoms with Crippen LogP contribution in [0.25, 0.3) is 0 Å². The Morgan fingerprint density at radius 3 is 2.38 bits per heavy atom. The van der Waals surface area contributed by atoms with Crippen molar-refractivity contribution in [3.8, 4) is 5.75 Å². The zero-order valence-electron chi connectivity index (χ0n) is 11.8. The number of halogens is 1. The molecule has 0 aromatic heterocycles. The Labute approximate surface area is 123 Å².